The van der Waals surface area contributed by atoms with Crippen LogP contribution in [-0.2, 0) is 10.8 Å². The van der Waals surface area contributed by atoms with Gasteiger partial charge < -0.3 is 9.13 Å². The van der Waals surface area contributed by atoms with E-state index in [1.807, 2.05) is 0 Å². The SMILES string of the molecule is CC(C)c1cccc(C(C)(C)C)c1N(CCCN(c1c(C(C)C)cccc1C(C)(C)C)[Si](C)(C)C)[Si](C)(C)C. The summed E-state index contributed by atoms with van der Waals surface area (Å²) >= 11 is 0. The number of nitrogens with zero attached hydrogens (tertiary/aromatic N) is 2. The van der Waals surface area contributed by atoms with Gasteiger partial charge in [-0.05, 0) is 51.3 Å². The van der Waals surface area contributed by atoms with Gasteiger partial charge in [0.05, 0.1) is 0 Å². The molecule has 0 heterocycles. The molecule has 0 radical (unpaired) electrons. The fourth-order valence-electron chi connectivity index (χ4n) is 5.82. The van der Waals surface area contributed by atoms with Crippen LogP contribution in [0.3, 0.4) is 0 Å². The third kappa shape index (κ3) is 8.25. The van der Waals surface area contributed by atoms with Gasteiger partial charge in [0.2, 0.25) is 0 Å². The molecule has 0 N–H and O–H groups in total. The summed E-state index contributed by atoms with van der Waals surface area (Å²) in [5.74, 6) is 1.01. The number of anilines is 2. The molecule has 0 aliphatic rings. The minimum Gasteiger partial charge on any atom is -0.397 e. The van der Waals surface area contributed by atoms with Gasteiger partial charge in [-0.1, -0.05) is 145 Å². The van der Waals surface area contributed by atoms with Crippen LogP contribution in [0.4, 0.5) is 11.4 Å². The molecule has 39 heavy (non-hydrogen) atoms. The van der Waals surface area contributed by atoms with E-state index in [0.717, 1.165) is 13.1 Å². The molecule has 2 aromatic carbocycles. The fraction of sp³-hybridized carbons (Fsp3) is 0.657. The fourth-order valence-corrected chi connectivity index (χ4v) is 9.32. The Morgan fingerprint density at radius 1 is 0.564 bits per heavy atom. The van der Waals surface area contributed by atoms with Gasteiger partial charge in [0.1, 0.15) is 16.5 Å². The summed E-state index contributed by atoms with van der Waals surface area (Å²) in [6.45, 7) is 41.1. The first kappa shape index (κ1) is 33.7. The van der Waals surface area contributed by atoms with Crippen LogP contribution in [0.5, 0.6) is 0 Å². The van der Waals surface area contributed by atoms with E-state index < -0.39 is 16.5 Å². The van der Waals surface area contributed by atoms with E-state index in [0.29, 0.717) is 11.8 Å². The monoisotopic (exact) mass is 566 g/mol. The molecule has 0 atom stereocenters. The Morgan fingerprint density at radius 3 is 1.10 bits per heavy atom. The molecule has 0 bridgehead atoms. The van der Waals surface area contributed by atoms with Gasteiger partial charge >= 0.3 is 0 Å². The Morgan fingerprint density at radius 2 is 0.872 bits per heavy atom. The maximum Gasteiger partial charge on any atom is 0.147 e. The van der Waals surface area contributed by atoms with Crippen molar-refractivity contribution in [3.05, 3.63) is 58.7 Å². The molecule has 4 heteroatoms. The quantitative estimate of drug-likeness (QED) is 0.264. The smallest absolute Gasteiger partial charge is 0.147 e. The Balaban J connectivity index is 2.61. The summed E-state index contributed by atoms with van der Waals surface area (Å²) in [5, 5.41) is 0. The van der Waals surface area contributed by atoms with Gasteiger partial charge in [0, 0.05) is 24.5 Å². The lowest BCUT2D eigenvalue weighted by Gasteiger charge is -2.44. The molecule has 220 valence electrons. The van der Waals surface area contributed by atoms with Gasteiger partial charge in [0.25, 0.3) is 0 Å². The lowest BCUT2D eigenvalue weighted by atomic mass is 9.82. The molecule has 0 spiro atoms. The molecule has 0 saturated carbocycles. The zero-order chi connectivity index (χ0) is 30.1. The molecule has 0 saturated heterocycles. The second kappa shape index (κ2) is 12.1. The lowest BCUT2D eigenvalue weighted by Crippen LogP contribution is -2.51. The van der Waals surface area contributed by atoms with E-state index in [1.165, 1.54) is 40.0 Å². The standard InChI is InChI=1S/C35H62N2Si2/c1-26(2)28-20-17-22-30(34(5,6)7)32(28)36(38(11,12)13)24-19-25-37(39(14,15)16)33-29(27(3)4)21-18-23-31(33)35(8,9)10/h17-18,20-23,26-27H,19,24-25H2,1-16H3. The molecule has 2 nitrogen and oxygen atoms in total. The van der Waals surface area contributed by atoms with Crippen molar-refractivity contribution < 1.29 is 0 Å². The Bertz CT molecular complexity index is 1000. The van der Waals surface area contributed by atoms with Crippen molar-refractivity contribution in [2.75, 3.05) is 22.2 Å². The van der Waals surface area contributed by atoms with Crippen LogP contribution >= 0.6 is 0 Å². The van der Waals surface area contributed by atoms with E-state index in [2.05, 4.69) is 154 Å². The highest BCUT2D eigenvalue weighted by atomic mass is 28.3. The second-order valence-corrected chi connectivity index (χ2v) is 26.1. The van der Waals surface area contributed by atoms with Crippen molar-refractivity contribution in [3.63, 3.8) is 0 Å². The first-order chi connectivity index (χ1) is 17.6. The molecule has 0 aliphatic heterocycles. The Hall–Kier alpha value is -1.53. The number of rotatable bonds is 10. The van der Waals surface area contributed by atoms with Crippen LogP contribution in [-0.4, -0.2) is 29.6 Å². The van der Waals surface area contributed by atoms with Crippen LogP contribution in [0.1, 0.15) is 110 Å². The predicted octanol–water partition coefficient (Wildman–Crippen LogP) is 10.9. The van der Waals surface area contributed by atoms with Crippen molar-refractivity contribution in [3.8, 4) is 0 Å². The largest absolute Gasteiger partial charge is 0.397 e. The summed E-state index contributed by atoms with van der Waals surface area (Å²) in [6.07, 6.45) is 1.17. The average Bonchev–Trinajstić information content (AvgIpc) is 2.75. The topological polar surface area (TPSA) is 6.48 Å². The second-order valence-electron chi connectivity index (χ2n) is 16.3. The van der Waals surface area contributed by atoms with E-state index in [1.54, 1.807) is 0 Å². The van der Waals surface area contributed by atoms with Crippen molar-refractivity contribution in [2.45, 2.75) is 138 Å². The molecule has 0 unspecified atom stereocenters. The number of hydrogen-bond donors (Lipinski definition) is 0. The van der Waals surface area contributed by atoms with E-state index in [9.17, 15) is 0 Å². The van der Waals surface area contributed by atoms with Gasteiger partial charge in [-0.3, -0.25) is 0 Å². The highest BCUT2D eigenvalue weighted by Crippen LogP contribution is 2.42. The van der Waals surface area contributed by atoms with Crippen molar-refractivity contribution in [1.82, 2.24) is 0 Å². The molecular formula is C35H62N2Si2. The molecule has 2 rings (SSSR count). The molecule has 0 amide bonds. The lowest BCUT2D eigenvalue weighted by molar-refractivity contribution is 0.586. The third-order valence-corrected chi connectivity index (χ3v) is 12.1. The number of para-hydroxylation sites is 2. The van der Waals surface area contributed by atoms with Crippen LogP contribution in [0.15, 0.2) is 36.4 Å². The van der Waals surface area contributed by atoms with E-state index in [-0.39, 0.29) is 10.8 Å². The van der Waals surface area contributed by atoms with Gasteiger partial charge in [-0.25, -0.2) is 0 Å². The summed E-state index contributed by atoms with van der Waals surface area (Å²) < 4.78 is 5.73. The van der Waals surface area contributed by atoms with Gasteiger partial charge in [0.15, 0.2) is 0 Å². The van der Waals surface area contributed by atoms with Crippen LogP contribution < -0.4 is 9.13 Å². The molecule has 0 aromatic heterocycles. The van der Waals surface area contributed by atoms with Crippen molar-refractivity contribution in [1.29, 1.82) is 0 Å². The summed E-state index contributed by atoms with van der Waals surface area (Å²) in [5.41, 5.74) is 9.28. The summed E-state index contributed by atoms with van der Waals surface area (Å²) in [7, 11) is -3.31. The van der Waals surface area contributed by atoms with Crippen molar-refractivity contribution >= 4 is 27.8 Å². The van der Waals surface area contributed by atoms with E-state index >= 15 is 0 Å². The third-order valence-electron chi connectivity index (χ3n) is 7.92. The highest BCUT2D eigenvalue weighted by molar-refractivity contribution is 6.80. The van der Waals surface area contributed by atoms with Crippen molar-refractivity contribution in [2.24, 2.45) is 0 Å². The van der Waals surface area contributed by atoms with E-state index in [4.69, 9.17) is 0 Å². The predicted molar refractivity (Wildman–Crippen MR) is 184 cm³/mol. The summed E-state index contributed by atoms with van der Waals surface area (Å²) in [6, 6.07) is 14.1. The molecule has 0 aliphatic carbocycles. The van der Waals surface area contributed by atoms with Crippen LogP contribution in [0.25, 0.3) is 0 Å². The first-order valence-corrected chi connectivity index (χ1v) is 22.3. The van der Waals surface area contributed by atoms with Crippen LogP contribution in [0, 0.1) is 0 Å². The zero-order valence-corrected chi connectivity index (χ0v) is 30.6. The minimum absolute atomic E-state index is 0.111. The summed E-state index contributed by atoms with van der Waals surface area (Å²) in [4.78, 5) is 0. The number of benzene rings is 2. The van der Waals surface area contributed by atoms with Gasteiger partial charge in [-0.15, -0.1) is 0 Å². The highest BCUT2D eigenvalue weighted by Gasteiger charge is 2.34. The van der Waals surface area contributed by atoms with Gasteiger partial charge in [-0.2, -0.15) is 0 Å². The number of hydrogen-bond acceptors (Lipinski definition) is 2. The average molecular weight is 567 g/mol. The molecule has 2 aromatic rings. The Kier molecular flexibility index (Phi) is 10.5. The first-order valence-electron chi connectivity index (χ1n) is 15.4. The minimum atomic E-state index is -1.66. The maximum absolute atomic E-state index is 2.87. The zero-order valence-electron chi connectivity index (χ0n) is 28.6. The normalized spacial score (nSPS) is 13.4. The molecule has 0 fully saturated rings. The van der Waals surface area contributed by atoms with Crippen LogP contribution in [0.2, 0.25) is 39.3 Å². The molecular weight excluding hydrogens is 505 g/mol. The maximum atomic E-state index is 2.87. The Labute approximate surface area is 245 Å².